The summed E-state index contributed by atoms with van der Waals surface area (Å²) in [7, 11) is 0. The van der Waals surface area contributed by atoms with Crippen LogP contribution in [0.2, 0.25) is 0 Å². The van der Waals surface area contributed by atoms with Crippen LogP contribution in [0.3, 0.4) is 0 Å². The molecule has 0 aromatic heterocycles. The molecule has 2 aromatic rings. The van der Waals surface area contributed by atoms with Crippen LogP contribution >= 0.6 is 0 Å². The molecular weight excluding hydrogens is 488 g/mol. The van der Waals surface area contributed by atoms with Crippen molar-refractivity contribution >= 4 is 0 Å². The first-order chi connectivity index (χ1) is 18.6. The summed E-state index contributed by atoms with van der Waals surface area (Å²) in [5.41, 5.74) is 3.96. The first kappa shape index (κ1) is 28.5. The van der Waals surface area contributed by atoms with Gasteiger partial charge in [0.25, 0.3) is 0 Å². The molecule has 2 N–H and O–H groups in total. The van der Waals surface area contributed by atoms with E-state index in [0.29, 0.717) is 26.2 Å². The monoisotopic (exact) mass is 528 g/mol. The normalized spacial score (nSPS) is 19.6. The average Bonchev–Trinajstić information content (AvgIpc) is 3.84. The number of epoxide rings is 2. The molecule has 0 radical (unpaired) electrons. The molecule has 4 atom stereocenters. The summed E-state index contributed by atoms with van der Waals surface area (Å²) >= 11 is 0. The summed E-state index contributed by atoms with van der Waals surface area (Å²) in [6.45, 7) is 9.27. The molecule has 2 aromatic carbocycles. The Morgan fingerprint density at radius 1 is 0.895 bits per heavy atom. The van der Waals surface area contributed by atoms with Gasteiger partial charge in [-0.1, -0.05) is 25.1 Å². The van der Waals surface area contributed by atoms with Crippen molar-refractivity contribution in [2.75, 3.05) is 52.9 Å². The van der Waals surface area contributed by atoms with Crippen molar-refractivity contribution in [3.8, 4) is 22.6 Å². The number of aliphatic hydroxyl groups excluding tert-OH is 2. The third-order valence-corrected chi connectivity index (χ3v) is 6.22. The number of aliphatic hydroxyl groups is 2. The second-order valence-corrected chi connectivity index (χ2v) is 9.79. The van der Waals surface area contributed by atoms with Gasteiger partial charge in [0.15, 0.2) is 0 Å². The van der Waals surface area contributed by atoms with Gasteiger partial charge in [-0.2, -0.15) is 0 Å². The maximum atomic E-state index is 10.6. The van der Waals surface area contributed by atoms with Crippen LogP contribution in [0.25, 0.3) is 11.1 Å². The van der Waals surface area contributed by atoms with Gasteiger partial charge in [0.1, 0.15) is 36.9 Å². The lowest BCUT2D eigenvalue weighted by Gasteiger charge is -2.18. The van der Waals surface area contributed by atoms with E-state index in [-0.39, 0.29) is 32.0 Å². The molecule has 4 unspecified atom stereocenters. The quantitative estimate of drug-likeness (QED) is 0.163. The van der Waals surface area contributed by atoms with Crippen molar-refractivity contribution in [2.24, 2.45) is 0 Å². The van der Waals surface area contributed by atoms with Crippen LogP contribution < -0.4 is 9.47 Å². The van der Waals surface area contributed by atoms with E-state index in [1.165, 1.54) is 0 Å². The van der Waals surface area contributed by atoms with E-state index >= 15 is 0 Å². The highest BCUT2D eigenvalue weighted by atomic mass is 16.6. The SMILES string of the molecule is C=CCOCC(O)Cc1cc(-c2ccc(OCC(O)COCCC)c(CC3CO3)c2)ccc1OCC1CO1. The lowest BCUT2D eigenvalue weighted by molar-refractivity contribution is 0.0121. The molecule has 208 valence electrons. The smallest absolute Gasteiger partial charge is 0.122 e. The van der Waals surface area contributed by atoms with Crippen LogP contribution in [0.15, 0.2) is 49.1 Å². The van der Waals surface area contributed by atoms with Crippen molar-refractivity contribution in [3.05, 3.63) is 60.2 Å². The molecule has 4 rings (SSSR count). The highest BCUT2D eigenvalue weighted by Gasteiger charge is 2.26. The van der Waals surface area contributed by atoms with Gasteiger partial charge >= 0.3 is 0 Å². The van der Waals surface area contributed by atoms with E-state index in [1.54, 1.807) is 6.08 Å². The Labute approximate surface area is 225 Å². The summed E-state index contributed by atoms with van der Waals surface area (Å²) < 4.78 is 33.6. The highest BCUT2D eigenvalue weighted by Crippen LogP contribution is 2.33. The van der Waals surface area contributed by atoms with Crippen LogP contribution in [0.1, 0.15) is 24.5 Å². The first-order valence-corrected chi connectivity index (χ1v) is 13.4. The van der Waals surface area contributed by atoms with Crippen molar-refractivity contribution < 1.29 is 38.6 Å². The zero-order valence-electron chi connectivity index (χ0n) is 22.2. The summed E-state index contributed by atoms with van der Waals surface area (Å²) in [6.07, 6.45) is 2.67. The van der Waals surface area contributed by atoms with E-state index in [0.717, 1.165) is 59.8 Å². The lowest BCUT2D eigenvalue weighted by atomic mass is 9.96. The molecule has 8 heteroatoms. The Kier molecular flexibility index (Phi) is 11.0. The standard InChI is InChI=1S/C30H40O8/c1-3-9-33-15-25(31)13-23-11-21(5-7-29(23)38-20-28-19-36-28)22-6-8-30(24(12-22)14-27-18-35-27)37-17-26(32)16-34-10-4-2/h3,5-8,11-12,25-28,31-32H,1,4,9-10,13-20H2,2H3. The van der Waals surface area contributed by atoms with Crippen LogP contribution in [-0.2, 0) is 31.8 Å². The number of hydrogen-bond acceptors (Lipinski definition) is 8. The summed E-state index contributed by atoms with van der Waals surface area (Å²) in [4.78, 5) is 0. The largest absolute Gasteiger partial charge is 0.491 e. The Morgan fingerprint density at radius 2 is 1.55 bits per heavy atom. The van der Waals surface area contributed by atoms with Gasteiger partial charge in [0.2, 0.25) is 0 Å². The molecule has 2 saturated heterocycles. The highest BCUT2D eigenvalue weighted by molar-refractivity contribution is 5.68. The van der Waals surface area contributed by atoms with Gasteiger partial charge in [0, 0.05) is 19.4 Å². The van der Waals surface area contributed by atoms with Gasteiger partial charge in [-0.25, -0.2) is 0 Å². The van der Waals surface area contributed by atoms with Crippen molar-refractivity contribution in [1.29, 1.82) is 0 Å². The summed E-state index contributed by atoms with van der Waals surface area (Å²) in [5, 5.41) is 20.8. The maximum absolute atomic E-state index is 10.6. The minimum absolute atomic E-state index is 0.139. The molecule has 0 bridgehead atoms. The zero-order valence-corrected chi connectivity index (χ0v) is 22.2. The molecule has 2 aliphatic rings. The average molecular weight is 529 g/mol. The number of hydrogen-bond donors (Lipinski definition) is 2. The first-order valence-electron chi connectivity index (χ1n) is 13.4. The fourth-order valence-corrected chi connectivity index (χ4v) is 4.09. The van der Waals surface area contributed by atoms with Crippen molar-refractivity contribution in [2.45, 2.75) is 50.6 Å². The topological polar surface area (TPSA) is 102 Å². The summed E-state index contributed by atoms with van der Waals surface area (Å²) in [5.74, 6) is 1.47. The van der Waals surface area contributed by atoms with Crippen LogP contribution in [0.4, 0.5) is 0 Å². The number of benzene rings is 2. The van der Waals surface area contributed by atoms with Crippen LogP contribution in [0, 0.1) is 0 Å². The second-order valence-electron chi connectivity index (χ2n) is 9.79. The van der Waals surface area contributed by atoms with Crippen molar-refractivity contribution in [3.63, 3.8) is 0 Å². The van der Waals surface area contributed by atoms with Gasteiger partial charge < -0.3 is 38.6 Å². The van der Waals surface area contributed by atoms with E-state index in [9.17, 15) is 10.2 Å². The Hall–Kier alpha value is -2.46. The number of ether oxygens (including phenoxy) is 6. The molecule has 0 spiro atoms. The molecule has 2 aliphatic heterocycles. The predicted molar refractivity (Wildman–Crippen MR) is 144 cm³/mol. The van der Waals surface area contributed by atoms with E-state index in [4.69, 9.17) is 28.4 Å². The van der Waals surface area contributed by atoms with E-state index in [1.807, 2.05) is 31.2 Å². The van der Waals surface area contributed by atoms with E-state index in [2.05, 4.69) is 18.7 Å². The summed E-state index contributed by atoms with van der Waals surface area (Å²) in [6, 6.07) is 12.1. The molecule has 2 heterocycles. The van der Waals surface area contributed by atoms with Crippen LogP contribution in [0.5, 0.6) is 11.5 Å². The fraction of sp³-hybridized carbons (Fsp3) is 0.533. The Morgan fingerprint density at radius 3 is 2.21 bits per heavy atom. The molecule has 2 fully saturated rings. The third-order valence-electron chi connectivity index (χ3n) is 6.22. The second kappa shape index (κ2) is 14.6. The fourth-order valence-electron chi connectivity index (χ4n) is 4.09. The Bertz CT molecular complexity index is 1020. The minimum Gasteiger partial charge on any atom is -0.491 e. The predicted octanol–water partition coefficient (Wildman–Crippen LogP) is 3.34. The molecule has 0 aliphatic carbocycles. The maximum Gasteiger partial charge on any atom is 0.122 e. The molecular formula is C30H40O8. The Balaban J connectivity index is 1.49. The number of rotatable bonds is 19. The van der Waals surface area contributed by atoms with E-state index < -0.39 is 12.2 Å². The molecule has 0 saturated carbocycles. The van der Waals surface area contributed by atoms with Gasteiger partial charge in [-0.05, 0) is 52.9 Å². The molecule has 0 amide bonds. The van der Waals surface area contributed by atoms with Gasteiger partial charge in [-0.15, -0.1) is 6.58 Å². The molecule has 38 heavy (non-hydrogen) atoms. The van der Waals surface area contributed by atoms with Crippen molar-refractivity contribution in [1.82, 2.24) is 0 Å². The lowest BCUT2D eigenvalue weighted by Crippen LogP contribution is -2.24. The van der Waals surface area contributed by atoms with Gasteiger partial charge in [-0.3, -0.25) is 0 Å². The zero-order chi connectivity index (χ0) is 26.7. The minimum atomic E-state index is -0.690. The third kappa shape index (κ3) is 9.38. The molecule has 8 nitrogen and oxygen atoms in total. The van der Waals surface area contributed by atoms with Gasteiger partial charge in [0.05, 0.1) is 45.2 Å². The van der Waals surface area contributed by atoms with Crippen LogP contribution in [-0.4, -0.2) is 87.5 Å².